The van der Waals surface area contributed by atoms with Crippen LogP contribution in [0, 0.1) is 5.92 Å². The predicted molar refractivity (Wildman–Crippen MR) is 69.6 cm³/mol. The highest BCUT2D eigenvalue weighted by molar-refractivity contribution is 6.30. The van der Waals surface area contributed by atoms with Crippen molar-refractivity contribution in [3.05, 3.63) is 32.1 Å². The number of hydrogen-bond donors (Lipinski definition) is 1. The molecule has 0 aliphatic carbocycles. The van der Waals surface area contributed by atoms with E-state index in [-0.39, 0.29) is 10.7 Å². The van der Waals surface area contributed by atoms with Crippen molar-refractivity contribution in [2.24, 2.45) is 5.92 Å². The predicted octanol–water partition coefficient (Wildman–Crippen LogP) is 2.41. The molecular weight excluding hydrogens is 240 g/mol. The summed E-state index contributed by atoms with van der Waals surface area (Å²) in [6, 6.07) is 0. The second-order valence-electron chi connectivity index (χ2n) is 4.31. The van der Waals surface area contributed by atoms with E-state index in [0.717, 1.165) is 25.7 Å². The Labute approximate surface area is 106 Å². The van der Waals surface area contributed by atoms with Gasteiger partial charge in [0.25, 0.3) is 5.56 Å². The summed E-state index contributed by atoms with van der Waals surface area (Å²) in [5, 5.41) is 0.0648. The van der Waals surface area contributed by atoms with Crippen LogP contribution in [-0.4, -0.2) is 9.55 Å². The minimum absolute atomic E-state index is 0.0648. The lowest BCUT2D eigenvalue weighted by Gasteiger charge is -2.15. The molecule has 1 aromatic rings. The van der Waals surface area contributed by atoms with Gasteiger partial charge in [-0.05, 0) is 12.3 Å². The quantitative estimate of drug-likeness (QED) is 0.852. The maximum absolute atomic E-state index is 11.6. The van der Waals surface area contributed by atoms with Crippen molar-refractivity contribution in [2.75, 3.05) is 0 Å². The number of rotatable bonds is 6. The van der Waals surface area contributed by atoms with Crippen molar-refractivity contribution in [2.45, 2.75) is 46.1 Å². The lowest BCUT2D eigenvalue weighted by Crippen LogP contribution is -2.31. The Morgan fingerprint density at radius 1 is 1.41 bits per heavy atom. The van der Waals surface area contributed by atoms with Crippen molar-refractivity contribution in [1.82, 2.24) is 9.55 Å². The van der Waals surface area contributed by atoms with Crippen molar-refractivity contribution in [3.63, 3.8) is 0 Å². The fourth-order valence-corrected chi connectivity index (χ4v) is 1.98. The van der Waals surface area contributed by atoms with Crippen LogP contribution in [0.3, 0.4) is 0 Å². The summed E-state index contributed by atoms with van der Waals surface area (Å²) in [5.41, 5.74) is -0.899. The van der Waals surface area contributed by atoms with E-state index in [2.05, 4.69) is 18.8 Å². The fraction of sp³-hybridized carbons (Fsp3) is 0.667. The third-order valence-corrected chi connectivity index (χ3v) is 3.23. The van der Waals surface area contributed by atoms with Crippen molar-refractivity contribution >= 4 is 11.6 Å². The monoisotopic (exact) mass is 258 g/mol. The lowest BCUT2D eigenvalue weighted by molar-refractivity contribution is 0.382. The normalized spacial score (nSPS) is 12.6. The van der Waals surface area contributed by atoms with Crippen LogP contribution in [0.25, 0.3) is 0 Å². The van der Waals surface area contributed by atoms with Gasteiger partial charge in [-0.2, -0.15) is 0 Å². The summed E-state index contributed by atoms with van der Waals surface area (Å²) in [5.74, 6) is 0.453. The summed E-state index contributed by atoms with van der Waals surface area (Å²) in [4.78, 5) is 24.9. The topological polar surface area (TPSA) is 54.9 Å². The molecule has 0 aromatic carbocycles. The van der Waals surface area contributed by atoms with Crippen LogP contribution in [0.4, 0.5) is 0 Å². The van der Waals surface area contributed by atoms with Gasteiger partial charge in [-0.3, -0.25) is 14.3 Å². The van der Waals surface area contributed by atoms with Crippen LogP contribution >= 0.6 is 11.6 Å². The van der Waals surface area contributed by atoms with Gasteiger partial charge in [0.1, 0.15) is 5.02 Å². The van der Waals surface area contributed by atoms with Gasteiger partial charge in [0.05, 0.1) is 0 Å². The van der Waals surface area contributed by atoms with E-state index in [4.69, 9.17) is 11.6 Å². The molecule has 1 atom stereocenters. The van der Waals surface area contributed by atoms with Gasteiger partial charge in [0, 0.05) is 12.7 Å². The standard InChI is InChI=1S/C12H19ClN2O2/c1-3-5-6-9(4-2)7-15-8-10(13)11(16)14-12(15)17/h8-9H,3-7H2,1-2H3,(H,14,16,17). The van der Waals surface area contributed by atoms with E-state index >= 15 is 0 Å². The summed E-state index contributed by atoms with van der Waals surface area (Å²) in [6.45, 7) is 4.88. The number of nitrogens with zero attached hydrogens (tertiary/aromatic N) is 1. The average molecular weight is 259 g/mol. The Morgan fingerprint density at radius 2 is 2.12 bits per heavy atom. The zero-order valence-corrected chi connectivity index (χ0v) is 11.1. The van der Waals surface area contributed by atoms with Gasteiger partial charge in [-0.1, -0.05) is 44.7 Å². The molecule has 1 N–H and O–H groups in total. The van der Waals surface area contributed by atoms with Crippen LogP contribution in [-0.2, 0) is 6.54 Å². The van der Waals surface area contributed by atoms with Gasteiger partial charge in [-0.15, -0.1) is 0 Å². The molecule has 0 saturated heterocycles. The zero-order chi connectivity index (χ0) is 12.8. The van der Waals surface area contributed by atoms with E-state index in [1.165, 1.54) is 10.8 Å². The second-order valence-corrected chi connectivity index (χ2v) is 4.71. The van der Waals surface area contributed by atoms with Gasteiger partial charge in [0.2, 0.25) is 0 Å². The SMILES string of the molecule is CCCCC(CC)Cn1cc(Cl)c(=O)[nH]c1=O. The molecule has 4 nitrogen and oxygen atoms in total. The van der Waals surface area contributed by atoms with Crippen LogP contribution < -0.4 is 11.2 Å². The van der Waals surface area contributed by atoms with Crippen molar-refractivity contribution < 1.29 is 0 Å². The second kappa shape index (κ2) is 6.64. The molecule has 5 heteroatoms. The molecule has 0 saturated carbocycles. The first-order valence-electron chi connectivity index (χ1n) is 6.07. The molecule has 0 bridgehead atoms. The fourth-order valence-electron chi connectivity index (χ4n) is 1.81. The highest BCUT2D eigenvalue weighted by atomic mass is 35.5. The van der Waals surface area contributed by atoms with Crippen molar-refractivity contribution in [1.29, 1.82) is 0 Å². The van der Waals surface area contributed by atoms with Crippen LogP contribution in [0.5, 0.6) is 0 Å². The van der Waals surface area contributed by atoms with Crippen molar-refractivity contribution in [3.8, 4) is 0 Å². The molecule has 1 aromatic heterocycles. The summed E-state index contributed by atoms with van der Waals surface area (Å²) in [7, 11) is 0. The van der Waals surface area contributed by atoms with Gasteiger partial charge < -0.3 is 0 Å². The lowest BCUT2D eigenvalue weighted by atomic mass is 9.99. The third-order valence-electron chi connectivity index (χ3n) is 2.97. The first-order valence-corrected chi connectivity index (χ1v) is 6.45. The molecule has 0 aliphatic heterocycles. The highest BCUT2D eigenvalue weighted by Gasteiger charge is 2.09. The Hall–Kier alpha value is -1.03. The molecule has 0 fully saturated rings. The molecule has 1 rings (SSSR count). The van der Waals surface area contributed by atoms with Gasteiger partial charge in [0.15, 0.2) is 0 Å². The number of aromatic amines is 1. The van der Waals surface area contributed by atoms with Crippen LogP contribution in [0.1, 0.15) is 39.5 Å². The molecule has 17 heavy (non-hydrogen) atoms. The van der Waals surface area contributed by atoms with Gasteiger partial charge in [-0.25, -0.2) is 4.79 Å². The Morgan fingerprint density at radius 3 is 2.71 bits per heavy atom. The molecular formula is C12H19ClN2O2. The molecule has 0 spiro atoms. The van der Waals surface area contributed by atoms with Gasteiger partial charge >= 0.3 is 5.69 Å². The molecule has 0 radical (unpaired) electrons. The number of hydrogen-bond acceptors (Lipinski definition) is 2. The Kier molecular flexibility index (Phi) is 5.48. The largest absolute Gasteiger partial charge is 0.328 e. The minimum Gasteiger partial charge on any atom is -0.299 e. The molecule has 1 unspecified atom stereocenters. The highest BCUT2D eigenvalue weighted by Crippen LogP contribution is 2.14. The molecule has 0 amide bonds. The maximum atomic E-state index is 11.6. The number of nitrogens with one attached hydrogen (secondary N) is 1. The summed E-state index contributed by atoms with van der Waals surface area (Å²) < 4.78 is 1.49. The smallest absolute Gasteiger partial charge is 0.299 e. The number of H-pyrrole nitrogens is 1. The minimum atomic E-state index is -0.519. The first-order chi connectivity index (χ1) is 8.08. The first kappa shape index (κ1) is 14.0. The van der Waals surface area contributed by atoms with E-state index in [0.29, 0.717) is 12.5 Å². The average Bonchev–Trinajstić information content (AvgIpc) is 2.30. The van der Waals surface area contributed by atoms with Crippen LogP contribution in [0.15, 0.2) is 15.8 Å². The maximum Gasteiger partial charge on any atom is 0.328 e. The van der Waals surface area contributed by atoms with E-state index in [1.807, 2.05) is 0 Å². The Bertz CT molecular complexity index is 464. The summed E-state index contributed by atoms with van der Waals surface area (Å²) >= 11 is 5.71. The van der Waals surface area contributed by atoms with E-state index < -0.39 is 5.56 Å². The zero-order valence-electron chi connectivity index (χ0n) is 10.3. The van der Waals surface area contributed by atoms with E-state index in [9.17, 15) is 9.59 Å². The summed E-state index contributed by atoms with van der Waals surface area (Å²) in [6.07, 6.45) is 5.85. The molecule has 1 heterocycles. The van der Waals surface area contributed by atoms with E-state index in [1.54, 1.807) is 0 Å². The Balaban J connectivity index is 2.82. The van der Waals surface area contributed by atoms with Crippen LogP contribution in [0.2, 0.25) is 5.02 Å². The number of aromatic nitrogens is 2. The number of unbranched alkanes of at least 4 members (excludes halogenated alkanes) is 1. The third kappa shape index (κ3) is 4.04. The molecule has 96 valence electrons. The number of halogens is 1. The molecule has 0 aliphatic rings.